The Morgan fingerprint density at radius 1 is 1.31 bits per heavy atom. The molecule has 16 heavy (non-hydrogen) atoms. The molecule has 0 saturated heterocycles. The predicted octanol–water partition coefficient (Wildman–Crippen LogP) is 3.88. The van der Waals surface area contributed by atoms with Gasteiger partial charge in [0.25, 0.3) is 0 Å². The molecule has 1 aromatic carbocycles. The Balaban J connectivity index is 2.23. The Labute approximate surface area is 103 Å². The van der Waals surface area contributed by atoms with Crippen LogP contribution in [-0.2, 0) is 0 Å². The minimum atomic E-state index is 0.622. The fourth-order valence-corrected chi connectivity index (χ4v) is 2.96. The van der Waals surface area contributed by atoms with Crippen molar-refractivity contribution < 1.29 is 0 Å². The molecule has 0 radical (unpaired) electrons. The zero-order valence-electron chi connectivity index (χ0n) is 9.88. The van der Waals surface area contributed by atoms with E-state index in [1.165, 1.54) is 31.2 Å². The average Bonchev–Trinajstić information content (AvgIpc) is 2.32. The molecule has 2 unspecified atom stereocenters. The van der Waals surface area contributed by atoms with Gasteiger partial charge in [0.15, 0.2) is 0 Å². The lowest BCUT2D eigenvalue weighted by Gasteiger charge is -2.31. The number of rotatable bonds is 2. The van der Waals surface area contributed by atoms with Crippen LogP contribution in [0.15, 0.2) is 18.2 Å². The van der Waals surface area contributed by atoms with Gasteiger partial charge in [-0.1, -0.05) is 36.6 Å². The summed E-state index contributed by atoms with van der Waals surface area (Å²) in [6.07, 6.45) is 5.19. The quantitative estimate of drug-likeness (QED) is 0.830. The minimum Gasteiger partial charge on any atom is -0.330 e. The van der Waals surface area contributed by atoms with E-state index in [1.807, 2.05) is 6.92 Å². The number of halogens is 1. The van der Waals surface area contributed by atoms with E-state index < -0.39 is 0 Å². The highest BCUT2D eigenvalue weighted by molar-refractivity contribution is 6.31. The van der Waals surface area contributed by atoms with Crippen LogP contribution in [0.1, 0.15) is 42.7 Å². The Kier molecular flexibility index (Phi) is 3.88. The first-order valence-electron chi connectivity index (χ1n) is 6.18. The van der Waals surface area contributed by atoms with Crippen molar-refractivity contribution in [2.45, 2.75) is 38.5 Å². The van der Waals surface area contributed by atoms with Crippen molar-refractivity contribution in [3.8, 4) is 0 Å². The van der Waals surface area contributed by atoms with Crippen LogP contribution in [0.5, 0.6) is 0 Å². The van der Waals surface area contributed by atoms with Crippen LogP contribution >= 0.6 is 11.6 Å². The summed E-state index contributed by atoms with van der Waals surface area (Å²) >= 11 is 6.19. The Hall–Kier alpha value is -0.530. The van der Waals surface area contributed by atoms with Crippen LogP contribution in [0.2, 0.25) is 5.02 Å². The maximum atomic E-state index is 6.19. The Morgan fingerprint density at radius 2 is 2.06 bits per heavy atom. The van der Waals surface area contributed by atoms with E-state index in [0.717, 1.165) is 17.1 Å². The van der Waals surface area contributed by atoms with E-state index in [4.69, 9.17) is 17.3 Å². The number of aryl methyl sites for hydroxylation is 1. The van der Waals surface area contributed by atoms with E-state index in [2.05, 4.69) is 18.2 Å². The largest absolute Gasteiger partial charge is 0.330 e. The first-order chi connectivity index (χ1) is 7.72. The minimum absolute atomic E-state index is 0.622. The van der Waals surface area contributed by atoms with Crippen LogP contribution in [0, 0.1) is 12.8 Å². The van der Waals surface area contributed by atoms with E-state index in [-0.39, 0.29) is 0 Å². The summed E-state index contributed by atoms with van der Waals surface area (Å²) in [4.78, 5) is 0. The molecule has 0 aromatic heterocycles. The first-order valence-corrected chi connectivity index (χ1v) is 6.56. The number of hydrogen-bond donors (Lipinski definition) is 1. The molecule has 1 aromatic rings. The second-order valence-electron chi connectivity index (χ2n) is 4.90. The fourth-order valence-electron chi connectivity index (χ4n) is 2.77. The molecule has 0 spiro atoms. The van der Waals surface area contributed by atoms with Crippen LogP contribution < -0.4 is 5.73 Å². The van der Waals surface area contributed by atoms with Crippen molar-refractivity contribution in [1.82, 2.24) is 0 Å². The van der Waals surface area contributed by atoms with Crippen LogP contribution in [0.25, 0.3) is 0 Å². The lowest BCUT2D eigenvalue weighted by molar-refractivity contribution is 0.314. The summed E-state index contributed by atoms with van der Waals surface area (Å²) in [5.74, 6) is 1.27. The van der Waals surface area contributed by atoms with Gasteiger partial charge in [0.05, 0.1) is 0 Å². The lowest BCUT2D eigenvalue weighted by Crippen LogP contribution is -2.25. The molecule has 1 saturated carbocycles. The van der Waals surface area contributed by atoms with E-state index in [9.17, 15) is 0 Å². The standard InChI is InChI=1S/C14H20ClN/c1-10-6-7-11(8-14(10)15)13-5-3-2-4-12(13)9-16/h6-8,12-13H,2-5,9,16H2,1H3. The molecule has 2 atom stereocenters. The van der Waals surface area contributed by atoms with Crippen molar-refractivity contribution in [2.75, 3.05) is 6.54 Å². The molecule has 1 aliphatic carbocycles. The molecule has 0 bridgehead atoms. The van der Waals surface area contributed by atoms with Crippen LogP contribution in [0.3, 0.4) is 0 Å². The summed E-state index contributed by atoms with van der Waals surface area (Å²) in [6, 6.07) is 6.48. The van der Waals surface area contributed by atoms with Gasteiger partial charge >= 0.3 is 0 Å². The van der Waals surface area contributed by atoms with Gasteiger partial charge in [-0.2, -0.15) is 0 Å². The van der Waals surface area contributed by atoms with Gasteiger partial charge in [-0.25, -0.2) is 0 Å². The van der Waals surface area contributed by atoms with Gasteiger partial charge in [-0.3, -0.25) is 0 Å². The molecular weight excluding hydrogens is 218 g/mol. The van der Waals surface area contributed by atoms with Crippen molar-refractivity contribution in [3.63, 3.8) is 0 Å². The van der Waals surface area contributed by atoms with Gasteiger partial charge in [-0.05, 0) is 55.3 Å². The third kappa shape index (κ3) is 2.41. The van der Waals surface area contributed by atoms with Crippen molar-refractivity contribution in [1.29, 1.82) is 0 Å². The summed E-state index contributed by atoms with van der Waals surface area (Å²) in [7, 11) is 0. The topological polar surface area (TPSA) is 26.0 Å². The Morgan fingerprint density at radius 3 is 2.75 bits per heavy atom. The SMILES string of the molecule is Cc1ccc(C2CCCCC2CN)cc1Cl. The predicted molar refractivity (Wildman–Crippen MR) is 69.9 cm³/mol. The molecular formula is C14H20ClN. The average molecular weight is 238 g/mol. The number of hydrogen-bond acceptors (Lipinski definition) is 1. The highest BCUT2D eigenvalue weighted by Gasteiger charge is 2.25. The van der Waals surface area contributed by atoms with Crippen molar-refractivity contribution >= 4 is 11.6 Å². The smallest absolute Gasteiger partial charge is 0.0438 e. The summed E-state index contributed by atoms with van der Waals surface area (Å²) < 4.78 is 0. The van der Waals surface area contributed by atoms with Gasteiger partial charge in [0.2, 0.25) is 0 Å². The van der Waals surface area contributed by atoms with Gasteiger partial charge in [0.1, 0.15) is 0 Å². The third-order valence-corrected chi connectivity index (χ3v) is 4.24. The first kappa shape index (κ1) is 11.9. The van der Waals surface area contributed by atoms with E-state index in [1.54, 1.807) is 0 Å². The molecule has 1 nitrogen and oxygen atoms in total. The van der Waals surface area contributed by atoms with Crippen molar-refractivity contribution in [3.05, 3.63) is 34.3 Å². The molecule has 2 N–H and O–H groups in total. The van der Waals surface area contributed by atoms with Crippen LogP contribution in [0.4, 0.5) is 0 Å². The summed E-state index contributed by atoms with van der Waals surface area (Å²) in [5, 5.41) is 0.888. The molecule has 0 heterocycles. The third-order valence-electron chi connectivity index (χ3n) is 3.84. The second kappa shape index (κ2) is 5.20. The number of benzene rings is 1. The summed E-state index contributed by atoms with van der Waals surface area (Å²) in [5.41, 5.74) is 8.40. The van der Waals surface area contributed by atoms with Crippen molar-refractivity contribution in [2.24, 2.45) is 11.7 Å². The molecule has 1 fully saturated rings. The monoisotopic (exact) mass is 237 g/mol. The molecule has 0 aliphatic heterocycles. The van der Waals surface area contributed by atoms with Gasteiger partial charge in [-0.15, -0.1) is 0 Å². The van der Waals surface area contributed by atoms with Crippen LogP contribution in [-0.4, -0.2) is 6.54 Å². The van der Waals surface area contributed by atoms with Gasteiger partial charge < -0.3 is 5.73 Å². The molecule has 2 rings (SSSR count). The Bertz CT molecular complexity index is 362. The number of nitrogens with two attached hydrogens (primary N) is 1. The molecule has 0 amide bonds. The fraction of sp³-hybridized carbons (Fsp3) is 0.571. The lowest BCUT2D eigenvalue weighted by atomic mass is 9.75. The van der Waals surface area contributed by atoms with E-state index >= 15 is 0 Å². The van der Waals surface area contributed by atoms with E-state index in [0.29, 0.717) is 11.8 Å². The highest BCUT2D eigenvalue weighted by Crippen LogP contribution is 2.38. The highest BCUT2D eigenvalue weighted by atomic mass is 35.5. The van der Waals surface area contributed by atoms with Gasteiger partial charge in [0, 0.05) is 5.02 Å². The zero-order chi connectivity index (χ0) is 11.5. The normalized spacial score (nSPS) is 25.7. The molecule has 2 heteroatoms. The zero-order valence-corrected chi connectivity index (χ0v) is 10.6. The maximum absolute atomic E-state index is 6.19. The molecule has 88 valence electrons. The summed E-state index contributed by atoms with van der Waals surface area (Å²) in [6.45, 7) is 2.85. The second-order valence-corrected chi connectivity index (χ2v) is 5.30. The molecule has 1 aliphatic rings. The maximum Gasteiger partial charge on any atom is 0.0438 e.